The highest BCUT2D eigenvalue weighted by Gasteiger charge is 2.23. The van der Waals surface area contributed by atoms with Crippen molar-refractivity contribution >= 4 is 33.2 Å². The molecule has 6 heteroatoms. The van der Waals surface area contributed by atoms with Crippen LogP contribution in [0.25, 0.3) is 17.2 Å². The molecule has 0 bridgehead atoms. The Morgan fingerprint density at radius 3 is 2.47 bits per heavy atom. The van der Waals surface area contributed by atoms with E-state index < -0.39 is 0 Å². The number of aromatic amines is 1. The average molecular weight is 485 g/mol. The van der Waals surface area contributed by atoms with Crippen molar-refractivity contribution in [2.75, 3.05) is 0 Å². The maximum absolute atomic E-state index is 5.97. The smallest absolute Gasteiger partial charge is 0.174 e. The van der Waals surface area contributed by atoms with Crippen LogP contribution in [0.2, 0.25) is 0 Å². The number of aromatic nitrogens is 4. The molecule has 0 saturated carbocycles. The van der Waals surface area contributed by atoms with Gasteiger partial charge in [-0.1, -0.05) is 63.6 Å². The van der Waals surface area contributed by atoms with Crippen LogP contribution in [0.1, 0.15) is 35.9 Å². The molecule has 0 aliphatic heterocycles. The number of allylic oxidation sites excluding steroid dienone is 3. The van der Waals surface area contributed by atoms with E-state index in [1.165, 1.54) is 27.8 Å². The summed E-state index contributed by atoms with van der Waals surface area (Å²) in [4.78, 5) is 0. The quantitative estimate of drug-likeness (QED) is 0.330. The van der Waals surface area contributed by atoms with Crippen LogP contribution < -0.4 is 4.74 Å². The number of hydrogen-bond acceptors (Lipinski definition) is 4. The van der Waals surface area contributed by atoms with Gasteiger partial charge in [0.15, 0.2) is 5.82 Å². The lowest BCUT2D eigenvalue weighted by Crippen LogP contribution is -1.92. The van der Waals surface area contributed by atoms with Crippen LogP contribution in [0.15, 0.2) is 82.8 Å². The van der Waals surface area contributed by atoms with E-state index in [0.29, 0.717) is 0 Å². The van der Waals surface area contributed by atoms with Crippen LogP contribution in [0, 0.1) is 0 Å². The number of fused-ring (bicyclic) bond motifs is 1. The van der Waals surface area contributed by atoms with Crippen molar-refractivity contribution in [1.29, 1.82) is 0 Å². The van der Waals surface area contributed by atoms with E-state index in [-0.39, 0.29) is 0 Å². The van der Waals surface area contributed by atoms with Crippen LogP contribution in [-0.2, 0) is 6.42 Å². The van der Waals surface area contributed by atoms with E-state index in [4.69, 9.17) is 4.74 Å². The Bertz CT molecular complexity index is 1310. The Morgan fingerprint density at radius 2 is 1.72 bits per heavy atom. The van der Waals surface area contributed by atoms with Gasteiger partial charge in [0, 0.05) is 10.9 Å². The number of rotatable bonds is 6. The van der Waals surface area contributed by atoms with Gasteiger partial charge in [0.25, 0.3) is 0 Å². The molecule has 1 aliphatic rings. The van der Waals surface area contributed by atoms with Crippen molar-refractivity contribution in [3.8, 4) is 11.5 Å². The normalized spacial score (nSPS) is 14.1. The number of hydrogen-bond donors (Lipinski definition) is 1. The Hall–Kier alpha value is -3.51. The maximum Gasteiger partial charge on any atom is 0.174 e. The Balaban J connectivity index is 1.41. The van der Waals surface area contributed by atoms with Crippen LogP contribution in [0.4, 0.5) is 0 Å². The second-order valence-corrected chi connectivity index (χ2v) is 8.58. The number of H-pyrrole nitrogens is 1. The number of ether oxygens (including phenoxy) is 1. The predicted molar refractivity (Wildman–Crippen MR) is 130 cm³/mol. The van der Waals surface area contributed by atoms with Crippen LogP contribution in [0.3, 0.4) is 0 Å². The van der Waals surface area contributed by atoms with E-state index in [9.17, 15) is 0 Å². The fourth-order valence-electron chi connectivity index (χ4n) is 4.05. The molecular formula is C26H21BrN4O. The number of benzene rings is 3. The van der Waals surface area contributed by atoms with E-state index in [0.717, 1.165) is 40.2 Å². The standard InChI is InChI=1S/C26H21BrN4O/c1-17-22(13-14-26-28-30-31-29-26)23-7-2-3-8-24(23)25(17)15-18-9-11-20(12-10-18)32-21-6-4-5-19(27)16-21/h2-12,15-16H,13-14H2,1H3,(H,28,29,30,31)/b25-15-. The topological polar surface area (TPSA) is 63.7 Å². The second kappa shape index (κ2) is 8.93. The third-order valence-electron chi connectivity index (χ3n) is 5.61. The summed E-state index contributed by atoms with van der Waals surface area (Å²) in [7, 11) is 0. The van der Waals surface area contributed by atoms with Crippen LogP contribution in [-0.4, -0.2) is 20.6 Å². The minimum absolute atomic E-state index is 0.737. The third kappa shape index (κ3) is 4.27. The first-order valence-corrected chi connectivity index (χ1v) is 11.2. The minimum Gasteiger partial charge on any atom is -0.457 e. The molecule has 0 saturated heterocycles. The summed E-state index contributed by atoms with van der Waals surface area (Å²) in [5.41, 5.74) is 7.58. The molecule has 0 fully saturated rings. The van der Waals surface area contributed by atoms with Crippen molar-refractivity contribution in [1.82, 2.24) is 20.6 Å². The summed E-state index contributed by atoms with van der Waals surface area (Å²) in [5, 5.41) is 14.4. The fourth-order valence-corrected chi connectivity index (χ4v) is 4.42. The fraction of sp³-hybridized carbons (Fsp3) is 0.115. The highest BCUT2D eigenvalue weighted by atomic mass is 79.9. The molecule has 0 amide bonds. The molecular weight excluding hydrogens is 464 g/mol. The van der Waals surface area contributed by atoms with Gasteiger partial charge in [-0.2, -0.15) is 5.21 Å². The Kier molecular flexibility index (Phi) is 5.69. The number of halogens is 1. The van der Waals surface area contributed by atoms with Crippen molar-refractivity contribution in [3.63, 3.8) is 0 Å². The molecule has 1 aliphatic carbocycles. The summed E-state index contributed by atoms with van der Waals surface area (Å²) in [5.74, 6) is 2.35. The molecule has 4 aromatic rings. The van der Waals surface area contributed by atoms with Gasteiger partial charge in [-0.05, 0) is 83.2 Å². The summed E-state index contributed by atoms with van der Waals surface area (Å²) in [6.07, 6.45) is 3.88. The Labute approximate surface area is 195 Å². The maximum atomic E-state index is 5.97. The predicted octanol–water partition coefficient (Wildman–Crippen LogP) is 6.72. The Morgan fingerprint density at radius 1 is 0.906 bits per heavy atom. The average Bonchev–Trinajstić information content (AvgIpc) is 3.41. The lowest BCUT2D eigenvalue weighted by molar-refractivity contribution is 0.482. The van der Waals surface area contributed by atoms with E-state index in [1.54, 1.807) is 0 Å². The molecule has 0 radical (unpaired) electrons. The van der Waals surface area contributed by atoms with Crippen molar-refractivity contribution < 1.29 is 4.74 Å². The van der Waals surface area contributed by atoms with E-state index >= 15 is 0 Å². The monoisotopic (exact) mass is 484 g/mol. The molecule has 32 heavy (non-hydrogen) atoms. The van der Waals surface area contributed by atoms with Gasteiger partial charge in [0.05, 0.1) is 0 Å². The molecule has 0 atom stereocenters. The number of aryl methyl sites for hydroxylation is 1. The number of tetrazole rings is 1. The van der Waals surface area contributed by atoms with Gasteiger partial charge >= 0.3 is 0 Å². The number of nitrogens with one attached hydrogen (secondary N) is 1. The van der Waals surface area contributed by atoms with Gasteiger partial charge in [0.1, 0.15) is 11.5 Å². The van der Waals surface area contributed by atoms with Crippen molar-refractivity contribution in [3.05, 3.63) is 105 Å². The van der Waals surface area contributed by atoms with E-state index in [2.05, 4.69) is 86.0 Å². The summed E-state index contributed by atoms with van der Waals surface area (Å²) >= 11 is 3.48. The zero-order chi connectivity index (χ0) is 21.9. The van der Waals surface area contributed by atoms with Crippen LogP contribution >= 0.6 is 15.9 Å². The first-order chi connectivity index (χ1) is 15.7. The van der Waals surface area contributed by atoms with Gasteiger partial charge in [0.2, 0.25) is 0 Å². The highest BCUT2D eigenvalue weighted by molar-refractivity contribution is 9.10. The molecule has 0 unspecified atom stereocenters. The second-order valence-electron chi connectivity index (χ2n) is 7.66. The van der Waals surface area contributed by atoms with Gasteiger partial charge in [-0.3, -0.25) is 0 Å². The van der Waals surface area contributed by atoms with E-state index in [1.807, 2.05) is 36.4 Å². The summed E-state index contributed by atoms with van der Waals surface area (Å²) in [6.45, 7) is 2.20. The van der Waals surface area contributed by atoms with Crippen molar-refractivity contribution in [2.24, 2.45) is 0 Å². The molecule has 0 spiro atoms. The first kappa shape index (κ1) is 20.4. The molecule has 1 heterocycles. The van der Waals surface area contributed by atoms with Gasteiger partial charge in [-0.15, -0.1) is 10.2 Å². The zero-order valence-corrected chi connectivity index (χ0v) is 19.1. The van der Waals surface area contributed by atoms with Crippen molar-refractivity contribution in [2.45, 2.75) is 19.8 Å². The minimum atomic E-state index is 0.737. The molecule has 3 aromatic carbocycles. The lowest BCUT2D eigenvalue weighted by atomic mass is 10.0. The molecule has 5 rings (SSSR count). The van der Waals surface area contributed by atoms with Crippen LogP contribution in [0.5, 0.6) is 11.5 Å². The van der Waals surface area contributed by atoms with Gasteiger partial charge in [-0.25, -0.2) is 0 Å². The first-order valence-electron chi connectivity index (χ1n) is 10.4. The molecule has 1 aromatic heterocycles. The number of nitrogens with zero attached hydrogens (tertiary/aromatic N) is 3. The largest absolute Gasteiger partial charge is 0.457 e. The highest BCUT2D eigenvalue weighted by Crippen LogP contribution is 2.43. The summed E-state index contributed by atoms with van der Waals surface area (Å²) < 4.78 is 6.96. The molecule has 158 valence electrons. The van der Waals surface area contributed by atoms with Gasteiger partial charge < -0.3 is 4.74 Å². The molecule has 1 N–H and O–H groups in total. The zero-order valence-electron chi connectivity index (χ0n) is 17.5. The summed E-state index contributed by atoms with van der Waals surface area (Å²) in [6, 6.07) is 24.6. The molecule has 5 nitrogen and oxygen atoms in total. The lowest BCUT2D eigenvalue weighted by Gasteiger charge is -2.07. The SMILES string of the molecule is CC1=C(CCc2nn[nH]n2)c2ccccc2/C1=C\c1ccc(Oc2cccc(Br)c2)cc1. The third-order valence-corrected chi connectivity index (χ3v) is 6.10.